The molecule has 1 amide bonds. The summed E-state index contributed by atoms with van der Waals surface area (Å²) < 4.78 is 15.3. The van der Waals surface area contributed by atoms with Crippen LogP contribution in [0.25, 0.3) is 0 Å². The maximum Gasteiger partial charge on any atom is 0.346 e. The standard InChI is InChI=1S/C21H24N2O7/c1-13(15-8-6-5-7-9-15)12-22-20(24)14(2)30-21(25)16-10-18(28-3)19(29-4)11-17(16)23(26)27/h5-11,13-14H,12H2,1-4H3,(H,22,24)/t13-,14+/m0/s1. The number of hydrogen-bond donors (Lipinski definition) is 1. The van der Waals surface area contributed by atoms with Gasteiger partial charge < -0.3 is 19.5 Å². The van der Waals surface area contributed by atoms with Gasteiger partial charge in [-0.3, -0.25) is 14.9 Å². The minimum atomic E-state index is -1.15. The van der Waals surface area contributed by atoms with Crippen LogP contribution < -0.4 is 14.8 Å². The highest BCUT2D eigenvalue weighted by Gasteiger charge is 2.28. The molecule has 0 aliphatic heterocycles. The Bertz CT molecular complexity index is 915. The summed E-state index contributed by atoms with van der Waals surface area (Å²) in [5.74, 6) is -1.23. The molecule has 0 unspecified atom stereocenters. The van der Waals surface area contributed by atoms with Crippen molar-refractivity contribution in [3.8, 4) is 11.5 Å². The quantitative estimate of drug-likeness (QED) is 0.379. The van der Waals surface area contributed by atoms with Gasteiger partial charge in [0.2, 0.25) is 0 Å². The zero-order valence-electron chi connectivity index (χ0n) is 17.2. The van der Waals surface area contributed by atoms with Crippen LogP contribution >= 0.6 is 0 Å². The lowest BCUT2D eigenvalue weighted by Crippen LogP contribution is -2.37. The molecule has 2 aromatic rings. The molecule has 9 nitrogen and oxygen atoms in total. The van der Waals surface area contributed by atoms with Crippen molar-refractivity contribution in [2.45, 2.75) is 25.9 Å². The second kappa shape index (κ2) is 10.2. The SMILES string of the molecule is COc1cc(C(=O)O[C@H](C)C(=O)NC[C@H](C)c2ccccc2)c([N+](=O)[O-])cc1OC. The fourth-order valence-electron chi connectivity index (χ4n) is 2.76. The van der Waals surface area contributed by atoms with Crippen molar-refractivity contribution in [2.24, 2.45) is 0 Å². The van der Waals surface area contributed by atoms with Crippen molar-refractivity contribution in [3.63, 3.8) is 0 Å². The van der Waals surface area contributed by atoms with Crippen LogP contribution in [0.15, 0.2) is 42.5 Å². The number of benzene rings is 2. The Morgan fingerprint density at radius 3 is 2.23 bits per heavy atom. The van der Waals surface area contributed by atoms with Crippen LogP contribution in [0.4, 0.5) is 5.69 Å². The summed E-state index contributed by atoms with van der Waals surface area (Å²) in [7, 11) is 2.66. The average Bonchev–Trinajstić information content (AvgIpc) is 2.76. The lowest BCUT2D eigenvalue weighted by atomic mass is 10.0. The first kappa shape index (κ1) is 22.7. The molecule has 0 heterocycles. The summed E-state index contributed by atoms with van der Waals surface area (Å²) in [6.07, 6.45) is -1.15. The summed E-state index contributed by atoms with van der Waals surface area (Å²) >= 11 is 0. The van der Waals surface area contributed by atoms with Crippen LogP contribution in [-0.2, 0) is 9.53 Å². The van der Waals surface area contributed by atoms with Crippen LogP contribution in [0.1, 0.15) is 35.7 Å². The Morgan fingerprint density at radius 2 is 1.67 bits per heavy atom. The minimum absolute atomic E-state index is 0.0602. The fraction of sp³-hybridized carbons (Fsp3) is 0.333. The average molecular weight is 416 g/mol. The van der Waals surface area contributed by atoms with E-state index >= 15 is 0 Å². The molecule has 30 heavy (non-hydrogen) atoms. The lowest BCUT2D eigenvalue weighted by molar-refractivity contribution is -0.385. The van der Waals surface area contributed by atoms with E-state index < -0.39 is 28.6 Å². The number of amides is 1. The van der Waals surface area contributed by atoms with E-state index in [0.29, 0.717) is 6.54 Å². The number of carbonyl (C=O) groups is 2. The smallest absolute Gasteiger partial charge is 0.346 e. The van der Waals surface area contributed by atoms with E-state index in [2.05, 4.69) is 5.32 Å². The summed E-state index contributed by atoms with van der Waals surface area (Å²) in [6.45, 7) is 3.70. The molecule has 0 fully saturated rings. The Labute approximate surface area is 174 Å². The summed E-state index contributed by atoms with van der Waals surface area (Å²) in [6, 6.07) is 11.9. The number of nitro benzene ring substituents is 1. The van der Waals surface area contributed by atoms with Crippen LogP contribution in [-0.4, -0.2) is 43.7 Å². The lowest BCUT2D eigenvalue weighted by Gasteiger charge is -2.17. The third kappa shape index (κ3) is 5.47. The third-order valence-corrected chi connectivity index (χ3v) is 4.52. The minimum Gasteiger partial charge on any atom is -0.493 e. The van der Waals surface area contributed by atoms with Gasteiger partial charge in [-0.05, 0) is 18.4 Å². The molecule has 1 N–H and O–H groups in total. The maximum absolute atomic E-state index is 12.5. The third-order valence-electron chi connectivity index (χ3n) is 4.52. The zero-order chi connectivity index (χ0) is 22.3. The van der Waals surface area contributed by atoms with E-state index in [1.165, 1.54) is 21.1 Å². The number of nitrogens with zero attached hydrogens (tertiary/aromatic N) is 1. The van der Waals surface area contributed by atoms with Crippen molar-refractivity contribution < 1.29 is 28.7 Å². The zero-order valence-corrected chi connectivity index (χ0v) is 17.2. The van der Waals surface area contributed by atoms with Gasteiger partial charge in [0.1, 0.15) is 5.56 Å². The predicted octanol–water partition coefficient (Wildman–Crippen LogP) is 3.08. The van der Waals surface area contributed by atoms with E-state index in [0.717, 1.165) is 17.7 Å². The number of ether oxygens (including phenoxy) is 3. The van der Waals surface area contributed by atoms with Gasteiger partial charge in [0, 0.05) is 12.6 Å². The highest BCUT2D eigenvalue weighted by molar-refractivity contribution is 5.96. The van der Waals surface area contributed by atoms with Gasteiger partial charge >= 0.3 is 5.97 Å². The number of rotatable bonds is 9. The first-order valence-electron chi connectivity index (χ1n) is 9.22. The summed E-state index contributed by atoms with van der Waals surface area (Å²) in [4.78, 5) is 35.4. The Hall–Kier alpha value is -3.62. The molecule has 0 aliphatic carbocycles. The van der Waals surface area contributed by atoms with E-state index in [9.17, 15) is 19.7 Å². The highest BCUT2D eigenvalue weighted by Crippen LogP contribution is 2.35. The maximum atomic E-state index is 12.5. The summed E-state index contributed by atoms with van der Waals surface area (Å²) in [5, 5.41) is 14.1. The first-order chi connectivity index (χ1) is 14.3. The molecule has 9 heteroatoms. The molecule has 0 radical (unpaired) electrons. The normalized spacial score (nSPS) is 12.4. The van der Waals surface area contributed by atoms with E-state index in [-0.39, 0.29) is 23.0 Å². The molecule has 0 saturated heterocycles. The van der Waals surface area contributed by atoms with Gasteiger partial charge in [-0.2, -0.15) is 0 Å². The highest BCUT2D eigenvalue weighted by atomic mass is 16.6. The Kier molecular flexibility index (Phi) is 7.74. The van der Waals surface area contributed by atoms with Gasteiger partial charge in [0.25, 0.3) is 11.6 Å². The number of methoxy groups -OCH3 is 2. The molecule has 0 bridgehead atoms. The van der Waals surface area contributed by atoms with Crippen LogP contribution in [0.5, 0.6) is 11.5 Å². The predicted molar refractivity (Wildman–Crippen MR) is 109 cm³/mol. The molecule has 0 aliphatic rings. The van der Waals surface area contributed by atoms with E-state index in [1.54, 1.807) is 0 Å². The van der Waals surface area contributed by atoms with Crippen molar-refractivity contribution in [2.75, 3.05) is 20.8 Å². The van der Waals surface area contributed by atoms with Crippen molar-refractivity contribution in [1.29, 1.82) is 0 Å². The van der Waals surface area contributed by atoms with Crippen molar-refractivity contribution in [3.05, 3.63) is 63.7 Å². The van der Waals surface area contributed by atoms with E-state index in [4.69, 9.17) is 14.2 Å². The van der Waals surface area contributed by atoms with Crippen LogP contribution in [0.3, 0.4) is 0 Å². The topological polar surface area (TPSA) is 117 Å². The first-order valence-corrected chi connectivity index (χ1v) is 9.22. The number of nitrogens with one attached hydrogen (secondary N) is 1. The van der Waals surface area contributed by atoms with Gasteiger partial charge in [-0.15, -0.1) is 0 Å². The van der Waals surface area contributed by atoms with Gasteiger partial charge in [-0.1, -0.05) is 37.3 Å². The molecule has 0 spiro atoms. The number of carbonyl (C=O) groups excluding carboxylic acids is 2. The number of hydrogen-bond acceptors (Lipinski definition) is 7. The molecule has 2 atom stereocenters. The van der Waals surface area contributed by atoms with Gasteiger partial charge in [0.05, 0.1) is 25.2 Å². The van der Waals surface area contributed by atoms with Crippen LogP contribution in [0.2, 0.25) is 0 Å². The largest absolute Gasteiger partial charge is 0.493 e. The Morgan fingerprint density at radius 1 is 1.07 bits per heavy atom. The molecule has 0 saturated carbocycles. The second-order valence-electron chi connectivity index (χ2n) is 6.59. The fourth-order valence-corrected chi connectivity index (χ4v) is 2.76. The van der Waals surface area contributed by atoms with Crippen molar-refractivity contribution in [1.82, 2.24) is 5.32 Å². The summed E-state index contributed by atoms with van der Waals surface area (Å²) in [5.41, 5.74) is 0.210. The van der Waals surface area contributed by atoms with Crippen molar-refractivity contribution >= 4 is 17.6 Å². The van der Waals surface area contributed by atoms with Gasteiger partial charge in [-0.25, -0.2) is 4.79 Å². The monoisotopic (exact) mass is 416 g/mol. The Balaban J connectivity index is 2.07. The van der Waals surface area contributed by atoms with Gasteiger partial charge in [0.15, 0.2) is 17.6 Å². The molecular formula is C21H24N2O7. The van der Waals surface area contributed by atoms with Crippen LogP contribution in [0, 0.1) is 10.1 Å². The number of esters is 1. The molecular weight excluding hydrogens is 392 g/mol. The molecule has 0 aromatic heterocycles. The molecule has 160 valence electrons. The van der Waals surface area contributed by atoms with E-state index in [1.807, 2.05) is 37.3 Å². The molecule has 2 aromatic carbocycles. The number of nitro groups is 1. The second-order valence-corrected chi connectivity index (χ2v) is 6.59. The molecule has 2 rings (SSSR count).